The monoisotopic (exact) mass is 426 g/mol. The molecular weight excluding hydrogens is 400 g/mol. The Morgan fingerprint density at radius 3 is 2.60 bits per heavy atom. The summed E-state index contributed by atoms with van der Waals surface area (Å²) in [5.41, 5.74) is 2.23. The molecule has 0 atom stereocenters. The van der Waals surface area contributed by atoms with Gasteiger partial charge in [0.1, 0.15) is 6.54 Å². The van der Waals surface area contributed by atoms with Crippen LogP contribution < -0.4 is 10.6 Å². The number of carbonyl (C=O) groups is 3. The van der Waals surface area contributed by atoms with E-state index in [1.165, 1.54) is 11.3 Å². The molecule has 158 valence electrons. The second-order valence-corrected chi connectivity index (χ2v) is 7.63. The topological polar surface area (TPSA) is 83.4 Å². The van der Waals surface area contributed by atoms with Crippen LogP contribution in [0.25, 0.3) is 10.9 Å². The van der Waals surface area contributed by atoms with Gasteiger partial charge in [0, 0.05) is 59.8 Å². The minimum Gasteiger partial charge on any atom is -0.351 e. The molecule has 0 fully saturated rings. The van der Waals surface area contributed by atoms with Crippen LogP contribution >= 0.6 is 11.3 Å². The highest BCUT2D eigenvalue weighted by Crippen LogP contribution is 2.21. The summed E-state index contributed by atoms with van der Waals surface area (Å²) in [4.78, 5) is 38.3. The largest absolute Gasteiger partial charge is 0.351 e. The van der Waals surface area contributed by atoms with Crippen molar-refractivity contribution in [2.24, 2.45) is 0 Å². The number of anilines is 1. The van der Waals surface area contributed by atoms with E-state index in [0.29, 0.717) is 30.9 Å². The maximum atomic E-state index is 12.4. The Morgan fingerprint density at radius 2 is 1.90 bits per heavy atom. The number of benzene rings is 1. The minimum absolute atomic E-state index is 0.0828. The number of fused-ring (bicyclic) bond motifs is 1. The van der Waals surface area contributed by atoms with Crippen molar-refractivity contribution in [3.63, 3.8) is 0 Å². The molecule has 0 unspecified atom stereocenters. The van der Waals surface area contributed by atoms with Gasteiger partial charge < -0.3 is 20.1 Å². The average Bonchev–Trinajstić information content (AvgIpc) is 3.39. The van der Waals surface area contributed by atoms with Gasteiger partial charge >= 0.3 is 0 Å². The molecule has 2 heterocycles. The zero-order valence-corrected chi connectivity index (χ0v) is 18.0. The molecule has 30 heavy (non-hydrogen) atoms. The molecule has 1 aromatic carbocycles. The molecule has 8 heteroatoms. The third-order valence-corrected chi connectivity index (χ3v) is 5.58. The number of rotatable bonds is 9. The fourth-order valence-corrected chi connectivity index (χ4v) is 3.88. The number of hydrogen-bond acceptors (Lipinski definition) is 4. The number of carbonyl (C=O) groups excluding carboxylic acids is 3. The Hall–Kier alpha value is -3.13. The summed E-state index contributed by atoms with van der Waals surface area (Å²) >= 11 is 1.46. The maximum absolute atomic E-state index is 12.4. The van der Waals surface area contributed by atoms with Gasteiger partial charge in [-0.1, -0.05) is 0 Å². The van der Waals surface area contributed by atoms with Crippen molar-refractivity contribution >= 4 is 45.6 Å². The summed E-state index contributed by atoms with van der Waals surface area (Å²) in [6.45, 7) is 5.89. The molecule has 0 saturated carbocycles. The first-order chi connectivity index (χ1) is 14.5. The first-order valence-corrected chi connectivity index (χ1v) is 10.9. The van der Waals surface area contributed by atoms with Crippen molar-refractivity contribution in [3.05, 3.63) is 52.9 Å². The molecule has 3 aromatic rings. The number of amides is 3. The first kappa shape index (κ1) is 21.6. The lowest BCUT2D eigenvalue weighted by atomic mass is 10.2. The molecule has 0 saturated heterocycles. The lowest BCUT2D eigenvalue weighted by molar-refractivity contribution is -0.131. The van der Waals surface area contributed by atoms with Crippen LogP contribution in [0.3, 0.4) is 0 Å². The second kappa shape index (κ2) is 10.1. The fraction of sp³-hybridized carbons (Fsp3) is 0.318. The van der Waals surface area contributed by atoms with Gasteiger partial charge in [-0.3, -0.25) is 14.4 Å². The Morgan fingerprint density at radius 1 is 1.10 bits per heavy atom. The Balaban J connectivity index is 1.55. The van der Waals surface area contributed by atoms with Crippen LogP contribution in [-0.2, 0) is 16.1 Å². The number of likely N-dealkylation sites (N-methyl/N-ethyl adjacent to an activating group) is 1. The molecule has 3 amide bonds. The van der Waals surface area contributed by atoms with Gasteiger partial charge in [-0.05, 0) is 49.6 Å². The predicted molar refractivity (Wildman–Crippen MR) is 120 cm³/mol. The number of thiophene rings is 1. The van der Waals surface area contributed by atoms with E-state index in [-0.39, 0.29) is 30.7 Å². The highest BCUT2D eigenvalue weighted by molar-refractivity contribution is 7.08. The fourth-order valence-electron chi connectivity index (χ4n) is 3.25. The van der Waals surface area contributed by atoms with E-state index < -0.39 is 0 Å². The average molecular weight is 427 g/mol. The molecule has 0 bridgehead atoms. The number of hydrogen-bond donors (Lipinski definition) is 2. The summed E-state index contributed by atoms with van der Waals surface area (Å²) in [6, 6.07) is 9.29. The van der Waals surface area contributed by atoms with Gasteiger partial charge in [0.05, 0.1) is 0 Å². The van der Waals surface area contributed by atoms with Crippen LogP contribution in [0.4, 0.5) is 5.69 Å². The van der Waals surface area contributed by atoms with E-state index in [0.717, 1.165) is 10.9 Å². The van der Waals surface area contributed by atoms with Crippen molar-refractivity contribution in [1.29, 1.82) is 0 Å². The molecule has 0 spiro atoms. The molecule has 3 rings (SSSR count). The lowest BCUT2D eigenvalue weighted by Crippen LogP contribution is -2.33. The molecule has 0 aliphatic carbocycles. The summed E-state index contributed by atoms with van der Waals surface area (Å²) < 4.78 is 1.92. The zero-order valence-electron chi connectivity index (χ0n) is 17.2. The predicted octanol–water partition coefficient (Wildman–Crippen LogP) is 3.33. The van der Waals surface area contributed by atoms with Gasteiger partial charge in [0.15, 0.2) is 0 Å². The van der Waals surface area contributed by atoms with Crippen LogP contribution in [-0.4, -0.2) is 46.8 Å². The van der Waals surface area contributed by atoms with E-state index in [1.807, 2.05) is 54.3 Å². The van der Waals surface area contributed by atoms with E-state index in [2.05, 4.69) is 10.6 Å². The smallest absolute Gasteiger partial charge is 0.252 e. The van der Waals surface area contributed by atoms with Crippen molar-refractivity contribution in [2.45, 2.75) is 26.8 Å². The maximum Gasteiger partial charge on any atom is 0.252 e. The molecule has 0 aliphatic rings. The van der Waals surface area contributed by atoms with E-state index in [9.17, 15) is 14.4 Å². The molecular formula is C22H26N4O3S. The molecule has 2 aromatic heterocycles. The standard InChI is InChI=1S/C22H26N4O3S/c1-3-25(4-2)21(28)14-26-11-8-16-13-18(5-6-19(16)26)24-20(27)7-10-23-22(29)17-9-12-30-15-17/h5-6,8-9,11-13,15H,3-4,7,10,14H2,1-2H3,(H,23,29)(H,24,27). The van der Waals surface area contributed by atoms with Crippen molar-refractivity contribution < 1.29 is 14.4 Å². The molecule has 2 N–H and O–H groups in total. The van der Waals surface area contributed by atoms with Crippen molar-refractivity contribution in [2.75, 3.05) is 25.0 Å². The van der Waals surface area contributed by atoms with E-state index in [1.54, 1.807) is 16.3 Å². The van der Waals surface area contributed by atoms with E-state index in [4.69, 9.17) is 0 Å². The van der Waals surface area contributed by atoms with Gasteiger partial charge in [0.2, 0.25) is 11.8 Å². The highest BCUT2D eigenvalue weighted by Gasteiger charge is 2.12. The summed E-state index contributed by atoms with van der Waals surface area (Å²) in [7, 11) is 0. The minimum atomic E-state index is -0.175. The number of aromatic nitrogens is 1. The highest BCUT2D eigenvalue weighted by atomic mass is 32.1. The van der Waals surface area contributed by atoms with Crippen LogP contribution in [0.2, 0.25) is 0 Å². The van der Waals surface area contributed by atoms with Crippen LogP contribution in [0.15, 0.2) is 47.3 Å². The summed E-state index contributed by atoms with van der Waals surface area (Å²) in [5, 5.41) is 10.2. The third kappa shape index (κ3) is 5.27. The lowest BCUT2D eigenvalue weighted by Gasteiger charge is -2.19. The van der Waals surface area contributed by atoms with Crippen molar-refractivity contribution in [3.8, 4) is 0 Å². The normalized spacial score (nSPS) is 10.7. The van der Waals surface area contributed by atoms with Crippen molar-refractivity contribution in [1.82, 2.24) is 14.8 Å². The van der Waals surface area contributed by atoms with Gasteiger partial charge in [-0.25, -0.2) is 0 Å². The second-order valence-electron chi connectivity index (χ2n) is 6.85. The van der Waals surface area contributed by atoms with Crippen LogP contribution in [0.5, 0.6) is 0 Å². The quantitative estimate of drug-likeness (QED) is 0.551. The van der Waals surface area contributed by atoms with Gasteiger partial charge in [-0.2, -0.15) is 11.3 Å². The Bertz CT molecular complexity index is 1020. The van der Waals surface area contributed by atoms with Gasteiger partial charge in [-0.15, -0.1) is 0 Å². The number of nitrogens with one attached hydrogen (secondary N) is 2. The summed E-state index contributed by atoms with van der Waals surface area (Å²) in [5.74, 6) is -0.262. The van der Waals surface area contributed by atoms with Gasteiger partial charge in [0.25, 0.3) is 5.91 Å². The summed E-state index contributed by atoms with van der Waals surface area (Å²) in [6.07, 6.45) is 2.07. The number of nitrogens with zero attached hydrogens (tertiary/aromatic N) is 2. The molecule has 7 nitrogen and oxygen atoms in total. The molecule has 0 aliphatic heterocycles. The Labute approximate surface area is 179 Å². The first-order valence-electron chi connectivity index (χ1n) is 9.98. The Kier molecular flexibility index (Phi) is 7.24. The van der Waals surface area contributed by atoms with Crippen LogP contribution in [0.1, 0.15) is 30.6 Å². The molecule has 0 radical (unpaired) electrons. The zero-order chi connectivity index (χ0) is 21.5. The SMILES string of the molecule is CCN(CC)C(=O)Cn1ccc2cc(NC(=O)CCNC(=O)c3ccsc3)ccc21. The van der Waals surface area contributed by atoms with Crippen LogP contribution in [0, 0.1) is 0 Å². The van der Waals surface area contributed by atoms with E-state index >= 15 is 0 Å². The third-order valence-electron chi connectivity index (χ3n) is 4.90.